The quantitative estimate of drug-likeness (QED) is 0.573. The van der Waals surface area contributed by atoms with Gasteiger partial charge in [-0.15, -0.1) is 0 Å². The summed E-state index contributed by atoms with van der Waals surface area (Å²) < 4.78 is 1.02. The standard InChI is InChI=1S/C13H14INO/c1-10-6-8-15(9-7-10)13(16)11-4-2-3-5-12(11)14/h2-6H,7-9H2,1H3. The van der Waals surface area contributed by atoms with E-state index in [1.54, 1.807) is 0 Å². The summed E-state index contributed by atoms with van der Waals surface area (Å²) in [5.74, 6) is 0.147. The van der Waals surface area contributed by atoms with Crippen molar-refractivity contribution in [2.45, 2.75) is 13.3 Å². The van der Waals surface area contributed by atoms with Crippen LogP contribution in [0.4, 0.5) is 0 Å². The molecule has 1 amide bonds. The highest BCUT2D eigenvalue weighted by molar-refractivity contribution is 14.1. The third-order valence-corrected chi connectivity index (χ3v) is 3.77. The van der Waals surface area contributed by atoms with Crippen LogP contribution in [0.25, 0.3) is 0 Å². The second kappa shape index (κ2) is 4.99. The van der Waals surface area contributed by atoms with E-state index in [9.17, 15) is 4.79 Å². The highest BCUT2D eigenvalue weighted by atomic mass is 127. The topological polar surface area (TPSA) is 20.3 Å². The maximum atomic E-state index is 12.2. The number of hydrogen-bond donors (Lipinski definition) is 0. The van der Waals surface area contributed by atoms with E-state index in [-0.39, 0.29) is 5.91 Å². The van der Waals surface area contributed by atoms with E-state index in [4.69, 9.17) is 0 Å². The number of benzene rings is 1. The Hall–Kier alpha value is -0.840. The monoisotopic (exact) mass is 327 g/mol. The molecule has 1 aliphatic rings. The molecule has 0 saturated heterocycles. The van der Waals surface area contributed by atoms with Crippen LogP contribution in [0.3, 0.4) is 0 Å². The van der Waals surface area contributed by atoms with Gasteiger partial charge in [0.2, 0.25) is 0 Å². The lowest BCUT2D eigenvalue weighted by Crippen LogP contribution is -2.35. The molecule has 0 saturated carbocycles. The lowest BCUT2D eigenvalue weighted by Gasteiger charge is -2.25. The molecule has 84 valence electrons. The van der Waals surface area contributed by atoms with Crippen molar-refractivity contribution < 1.29 is 4.79 Å². The first kappa shape index (κ1) is 11.6. The Labute approximate surface area is 109 Å². The van der Waals surface area contributed by atoms with Crippen LogP contribution < -0.4 is 0 Å². The average molecular weight is 327 g/mol. The summed E-state index contributed by atoms with van der Waals surface area (Å²) in [6.07, 6.45) is 3.13. The second-order valence-electron chi connectivity index (χ2n) is 4.03. The summed E-state index contributed by atoms with van der Waals surface area (Å²) in [5.41, 5.74) is 2.20. The highest BCUT2D eigenvalue weighted by Crippen LogP contribution is 2.17. The Morgan fingerprint density at radius 3 is 2.75 bits per heavy atom. The zero-order valence-electron chi connectivity index (χ0n) is 9.24. The normalized spacial score (nSPS) is 15.9. The SMILES string of the molecule is CC1=CCN(C(=O)c2ccccc2I)CC1. The number of rotatable bonds is 1. The lowest BCUT2D eigenvalue weighted by molar-refractivity contribution is 0.0768. The van der Waals surface area contributed by atoms with Gasteiger partial charge in [-0.05, 0) is 48.1 Å². The molecule has 0 unspecified atom stereocenters. The number of carbonyl (C=O) groups is 1. The van der Waals surface area contributed by atoms with Crippen molar-refractivity contribution in [1.82, 2.24) is 4.90 Å². The third-order valence-electron chi connectivity index (χ3n) is 2.83. The molecule has 0 radical (unpaired) electrons. The van der Waals surface area contributed by atoms with Crippen molar-refractivity contribution >= 4 is 28.5 Å². The molecule has 1 aliphatic heterocycles. The van der Waals surface area contributed by atoms with Gasteiger partial charge in [0.25, 0.3) is 5.91 Å². The molecule has 0 bridgehead atoms. The molecule has 0 spiro atoms. The van der Waals surface area contributed by atoms with E-state index < -0.39 is 0 Å². The third kappa shape index (κ3) is 2.45. The van der Waals surface area contributed by atoms with Crippen LogP contribution in [0.1, 0.15) is 23.7 Å². The highest BCUT2D eigenvalue weighted by Gasteiger charge is 2.18. The summed E-state index contributed by atoms with van der Waals surface area (Å²) in [6.45, 7) is 3.70. The van der Waals surface area contributed by atoms with Gasteiger partial charge in [0.15, 0.2) is 0 Å². The first-order valence-corrected chi connectivity index (χ1v) is 6.46. The van der Waals surface area contributed by atoms with Crippen LogP contribution in [0.15, 0.2) is 35.9 Å². The lowest BCUT2D eigenvalue weighted by atomic mass is 10.1. The Bertz CT molecular complexity index is 439. The molecular formula is C13H14INO. The maximum absolute atomic E-state index is 12.2. The van der Waals surface area contributed by atoms with Crippen molar-refractivity contribution in [3.05, 3.63) is 45.0 Å². The van der Waals surface area contributed by atoms with E-state index in [1.807, 2.05) is 29.2 Å². The molecule has 1 aromatic carbocycles. The molecule has 0 aromatic heterocycles. The zero-order chi connectivity index (χ0) is 11.5. The van der Waals surface area contributed by atoms with Crippen molar-refractivity contribution in [2.24, 2.45) is 0 Å². The molecule has 0 atom stereocenters. The summed E-state index contributed by atoms with van der Waals surface area (Å²) in [6, 6.07) is 7.74. The van der Waals surface area contributed by atoms with Gasteiger partial charge in [-0.25, -0.2) is 0 Å². The Kier molecular flexibility index (Phi) is 3.63. The summed E-state index contributed by atoms with van der Waals surface area (Å²) >= 11 is 2.21. The van der Waals surface area contributed by atoms with Gasteiger partial charge >= 0.3 is 0 Å². The van der Waals surface area contributed by atoms with Gasteiger partial charge in [-0.3, -0.25) is 4.79 Å². The van der Waals surface area contributed by atoms with Gasteiger partial charge in [0.1, 0.15) is 0 Å². The first-order valence-electron chi connectivity index (χ1n) is 5.38. The summed E-state index contributed by atoms with van der Waals surface area (Å²) in [7, 11) is 0. The molecule has 1 aromatic rings. The number of amides is 1. The number of carbonyl (C=O) groups excluding carboxylic acids is 1. The fraction of sp³-hybridized carbons (Fsp3) is 0.308. The predicted molar refractivity (Wildman–Crippen MR) is 73.4 cm³/mol. The van der Waals surface area contributed by atoms with Crippen LogP contribution in [-0.4, -0.2) is 23.9 Å². The van der Waals surface area contributed by atoms with Crippen LogP contribution in [0, 0.1) is 3.57 Å². The van der Waals surface area contributed by atoms with Crippen molar-refractivity contribution in [1.29, 1.82) is 0 Å². The minimum absolute atomic E-state index is 0.147. The Morgan fingerprint density at radius 1 is 1.38 bits per heavy atom. The zero-order valence-corrected chi connectivity index (χ0v) is 11.4. The van der Waals surface area contributed by atoms with Crippen molar-refractivity contribution in [2.75, 3.05) is 13.1 Å². The van der Waals surface area contributed by atoms with Crippen LogP contribution in [-0.2, 0) is 0 Å². The Morgan fingerprint density at radius 2 is 2.12 bits per heavy atom. The largest absolute Gasteiger partial charge is 0.335 e. The minimum atomic E-state index is 0.147. The van der Waals surface area contributed by atoms with Gasteiger partial charge in [-0.2, -0.15) is 0 Å². The minimum Gasteiger partial charge on any atom is -0.335 e. The molecule has 3 heteroatoms. The first-order chi connectivity index (χ1) is 7.68. The molecule has 0 N–H and O–H groups in total. The van der Waals surface area contributed by atoms with E-state index in [1.165, 1.54) is 5.57 Å². The van der Waals surface area contributed by atoms with Crippen molar-refractivity contribution in [3.8, 4) is 0 Å². The number of hydrogen-bond acceptors (Lipinski definition) is 1. The van der Waals surface area contributed by atoms with Crippen molar-refractivity contribution in [3.63, 3.8) is 0 Å². The second-order valence-corrected chi connectivity index (χ2v) is 5.19. The van der Waals surface area contributed by atoms with Gasteiger partial charge in [-0.1, -0.05) is 23.8 Å². The van der Waals surface area contributed by atoms with Crippen LogP contribution in [0.5, 0.6) is 0 Å². The van der Waals surface area contributed by atoms with E-state index in [2.05, 4.69) is 35.6 Å². The molecule has 0 fully saturated rings. The molecule has 16 heavy (non-hydrogen) atoms. The molecule has 0 aliphatic carbocycles. The predicted octanol–water partition coefficient (Wildman–Crippen LogP) is 3.08. The number of nitrogens with zero attached hydrogens (tertiary/aromatic N) is 1. The Balaban J connectivity index is 2.18. The number of halogens is 1. The molecule has 2 nitrogen and oxygen atoms in total. The van der Waals surface area contributed by atoms with Crippen LogP contribution >= 0.6 is 22.6 Å². The van der Waals surface area contributed by atoms with Crippen LogP contribution in [0.2, 0.25) is 0 Å². The summed E-state index contributed by atoms with van der Waals surface area (Å²) in [5, 5.41) is 0. The average Bonchev–Trinajstić information content (AvgIpc) is 2.30. The van der Waals surface area contributed by atoms with E-state index in [0.717, 1.165) is 28.6 Å². The van der Waals surface area contributed by atoms with Gasteiger partial charge in [0, 0.05) is 16.7 Å². The van der Waals surface area contributed by atoms with Gasteiger partial charge < -0.3 is 4.90 Å². The van der Waals surface area contributed by atoms with E-state index >= 15 is 0 Å². The smallest absolute Gasteiger partial charge is 0.255 e. The molecule has 1 heterocycles. The molecule has 2 rings (SSSR count). The fourth-order valence-electron chi connectivity index (χ4n) is 1.76. The van der Waals surface area contributed by atoms with E-state index in [0.29, 0.717) is 0 Å². The fourth-order valence-corrected chi connectivity index (χ4v) is 2.38. The molecular weight excluding hydrogens is 313 g/mol. The summed E-state index contributed by atoms with van der Waals surface area (Å²) in [4.78, 5) is 14.1. The maximum Gasteiger partial charge on any atom is 0.255 e. The van der Waals surface area contributed by atoms with Gasteiger partial charge in [0.05, 0.1) is 5.56 Å².